The molecular weight excluding hydrogens is 220 g/mol. The van der Waals surface area contributed by atoms with E-state index in [4.69, 9.17) is 28.7 Å². The minimum Gasteiger partial charge on any atom is -0.330 e. The number of hydroxylamine groups is 2. The molecule has 1 aromatic rings. The molecule has 3 nitrogen and oxygen atoms in total. The Morgan fingerprint density at radius 3 is 2.71 bits per heavy atom. The van der Waals surface area contributed by atoms with Gasteiger partial charge in [-0.15, -0.1) is 0 Å². The van der Waals surface area contributed by atoms with Crippen LogP contribution in [0.4, 0.5) is 5.69 Å². The molecule has 0 amide bonds. The standard InChI is InChI=1S/C9H11ClN2OS/c1-12(13-2)9(14)11-8-6-4-3-5-7(8)10/h3-6H,1-2H3,(H,11,14). The molecule has 0 unspecified atom stereocenters. The predicted molar refractivity (Wildman–Crippen MR) is 62.4 cm³/mol. The van der Waals surface area contributed by atoms with Crippen LogP contribution in [0.1, 0.15) is 0 Å². The van der Waals surface area contributed by atoms with Gasteiger partial charge in [0.05, 0.1) is 17.8 Å². The van der Waals surface area contributed by atoms with Crippen molar-refractivity contribution in [1.82, 2.24) is 5.06 Å². The van der Waals surface area contributed by atoms with Crippen molar-refractivity contribution in [3.05, 3.63) is 29.3 Å². The van der Waals surface area contributed by atoms with Gasteiger partial charge in [0, 0.05) is 7.05 Å². The van der Waals surface area contributed by atoms with E-state index in [0.717, 1.165) is 5.69 Å². The molecule has 0 bridgehead atoms. The van der Waals surface area contributed by atoms with Crippen molar-refractivity contribution in [2.24, 2.45) is 0 Å². The van der Waals surface area contributed by atoms with Crippen molar-refractivity contribution in [3.8, 4) is 0 Å². The summed E-state index contributed by atoms with van der Waals surface area (Å²) in [5.74, 6) is 0. The molecule has 0 aromatic heterocycles. The van der Waals surface area contributed by atoms with Gasteiger partial charge >= 0.3 is 0 Å². The van der Waals surface area contributed by atoms with Crippen LogP contribution < -0.4 is 5.32 Å². The number of benzene rings is 1. The maximum Gasteiger partial charge on any atom is 0.197 e. The van der Waals surface area contributed by atoms with E-state index >= 15 is 0 Å². The van der Waals surface area contributed by atoms with Crippen LogP contribution in [0, 0.1) is 0 Å². The summed E-state index contributed by atoms with van der Waals surface area (Å²) >= 11 is 11.0. The Morgan fingerprint density at radius 2 is 2.14 bits per heavy atom. The highest BCUT2D eigenvalue weighted by molar-refractivity contribution is 7.80. The summed E-state index contributed by atoms with van der Waals surface area (Å²) in [6.07, 6.45) is 0. The first-order valence-corrected chi connectivity index (χ1v) is 4.77. The lowest BCUT2D eigenvalue weighted by Gasteiger charge is -2.18. The lowest BCUT2D eigenvalue weighted by atomic mass is 10.3. The van der Waals surface area contributed by atoms with Crippen LogP contribution in [0.2, 0.25) is 5.02 Å². The van der Waals surface area contributed by atoms with Crippen molar-refractivity contribution in [2.75, 3.05) is 19.5 Å². The maximum absolute atomic E-state index is 5.93. The molecule has 1 rings (SSSR count). The Morgan fingerprint density at radius 1 is 1.50 bits per heavy atom. The Labute approximate surface area is 93.6 Å². The molecule has 0 radical (unpaired) electrons. The minimum atomic E-state index is 0.459. The maximum atomic E-state index is 5.93. The van der Waals surface area contributed by atoms with Gasteiger partial charge in [0.1, 0.15) is 0 Å². The van der Waals surface area contributed by atoms with Crippen LogP contribution in [0.15, 0.2) is 24.3 Å². The summed E-state index contributed by atoms with van der Waals surface area (Å²) in [5.41, 5.74) is 0.767. The molecule has 0 heterocycles. The van der Waals surface area contributed by atoms with E-state index in [0.29, 0.717) is 10.1 Å². The van der Waals surface area contributed by atoms with E-state index in [1.165, 1.54) is 5.06 Å². The van der Waals surface area contributed by atoms with Gasteiger partial charge < -0.3 is 5.32 Å². The number of thiocarbonyl (C=S) groups is 1. The molecule has 0 saturated carbocycles. The number of nitrogens with one attached hydrogen (secondary N) is 1. The smallest absolute Gasteiger partial charge is 0.197 e. The molecule has 0 fully saturated rings. The van der Waals surface area contributed by atoms with Crippen molar-refractivity contribution in [3.63, 3.8) is 0 Å². The molecule has 0 aliphatic heterocycles. The van der Waals surface area contributed by atoms with E-state index in [1.807, 2.05) is 18.2 Å². The lowest BCUT2D eigenvalue weighted by Crippen LogP contribution is -2.30. The summed E-state index contributed by atoms with van der Waals surface area (Å²) < 4.78 is 0. The Balaban J connectivity index is 2.70. The molecular formula is C9H11ClN2OS. The van der Waals surface area contributed by atoms with Gasteiger partial charge in [-0.2, -0.15) is 0 Å². The highest BCUT2D eigenvalue weighted by atomic mass is 35.5. The molecule has 0 aliphatic rings. The van der Waals surface area contributed by atoms with Gasteiger partial charge in [0.15, 0.2) is 5.11 Å². The summed E-state index contributed by atoms with van der Waals surface area (Å²) in [7, 11) is 3.26. The van der Waals surface area contributed by atoms with E-state index in [1.54, 1.807) is 20.2 Å². The van der Waals surface area contributed by atoms with Crippen LogP contribution in [0.5, 0.6) is 0 Å². The first kappa shape index (κ1) is 11.2. The average Bonchev–Trinajstić information content (AvgIpc) is 2.20. The van der Waals surface area contributed by atoms with E-state index in [-0.39, 0.29) is 0 Å². The van der Waals surface area contributed by atoms with E-state index < -0.39 is 0 Å². The van der Waals surface area contributed by atoms with E-state index in [2.05, 4.69) is 5.32 Å². The molecule has 1 N–H and O–H groups in total. The Kier molecular flexibility index (Phi) is 4.13. The van der Waals surface area contributed by atoms with Crippen LogP contribution >= 0.6 is 23.8 Å². The summed E-state index contributed by atoms with van der Waals surface area (Å²) in [5, 5.41) is 5.49. The second kappa shape index (κ2) is 5.14. The van der Waals surface area contributed by atoms with Crippen LogP contribution in [-0.2, 0) is 4.84 Å². The van der Waals surface area contributed by atoms with Gasteiger partial charge in [0.25, 0.3) is 0 Å². The number of para-hydroxylation sites is 1. The molecule has 76 valence electrons. The molecule has 0 saturated heterocycles. The summed E-state index contributed by atoms with van der Waals surface area (Å²) in [6.45, 7) is 0. The van der Waals surface area contributed by atoms with Crippen molar-refractivity contribution in [2.45, 2.75) is 0 Å². The highest BCUT2D eigenvalue weighted by Crippen LogP contribution is 2.20. The Bertz CT molecular complexity index is 332. The second-order valence-electron chi connectivity index (χ2n) is 2.59. The Hall–Kier alpha value is -0.840. The van der Waals surface area contributed by atoms with Gasteiger partial charge in [0.2, 0.25) is 0 Å². The SMILES string of the molecule is CON(C)C(=S)Nc1ccccc1Cl. The normalized spacial score (nSPS) is 9.64. The zero-order valence-electron chi connectivity index (χ0n) is 7.95. The molecule has 0 atom stereocenters. The third kappa shape index (κ3) is 2.83. The third-order valence-corrected chi connectivity index (χ3v) is 2.36. The van der Waals surface area contributed by atoms with Crippen molar-refractivity contribution < 1.29 is 4.84 Å². The molecule has 0 aliphatic carbocycles. The number of hydrogen-bond acceptors (Lipinski definition) is 2. The second-order valence-corrected chi connectivity index (χ2v) is 3.38. The van der Waals surface area contributed by atoms with E-state index in [9.17, 15) is 0 Å². The fourth-order valence-corrected chi connectivity index (χ4v) is 1.21. The fraction of sp³-hybridized carbons (Fsp3) is 0.222. The van der Waals surface area contributed by atoms with Crippen LogP contribution in [-0.4, -0.2) is 24.3 Å². The quantitative estimate of drug-likeness (QED) is 0.624. The summed E-state index contributed by atoms with van der Waals surface area (Å²) in [4.78, 5) is 4.91. The number of anilines is 1. The first-order chi connectivity index (χ1) is 6.65. The first-order valence-electron chi connectivity index (χ1n) is 3.98. The van der Waals surface area contributed by atoms with Crippen LogP contribution in [0.25, 0.3) is 0 Å². The number of halogens is 1. The number of rotatable bonds is 2. The lowest BCUT2D eigenvalue weighted by molar-refractivity contribution is -0.0391. The predicted octanol–water partition coefficient (Wildman–Crippen LogP) is 2.53. The van der Waals surface area contributed by atoms with Gasteiger partial charge in [-0.05, 0) is 24.4 Å². The van der Waals surface area contributed by atoms with Crippen LogP contribution in [0.3, 0.4) is 0 Å². The van der Waals surface area contributed by atoms with Gasteiger partial charge in [-0.25, -0.2) is 5.06 Å². The minimum absolute atomic E-state index is 0.459. The summed E-state index contributed by atoms with van der Waals surface area (Å²) in [6, 6.07) is 7.37. The van der Waals surface area contributed by atoms with Crippen molar-refractivity contribution >= 4 is 34.6 Å². The molecule has 1 aromatic carbocycles. The largest absolute Gasteiger partial charge is 0.330 e. The molecule has 14 heavy (non-hydrogen) atoms. The van der Waals surface area contributed by atoms with Gasteiger partial charge in [-0.1, -0.05) is 23.7 Å². The average molecular weight is 231 g/mol. The third-order valence-electron chi connectivity index (χ3n) is 1.68. The molecule has 5 heteroatoms. The monoisotopic (exact) mass is 230 g/mol. The molecule has 0 spiro atoms. The fourth-order valence-electron chi connectivity index (χ4n) is 0.839. The zero-order valence-corrected chi connectivity index (χ0v) is 9.52. The number of hydrogen-bond donors (Lipinski definition) is 1. The topological polar surface area (TPSA) is 24.5 Å². The van der Waals surface area contributed by atoms with Crippen molar-refractivity contribution in [1.29, 1.82) is 0 Å². The highest BCUT2D eigenvalue weighted by Gasteiger charge is 2.04. The number of nitrogens with zero attached hydrogens (tertiary/aromatic N) is 1. The van der Waals surface area contributed by atoms with Gasteiger partial charge in [-0.3, -0.25) is 4.84 Å². The zero-order chi connectivity index (χ0) is 10.6.